The quantitative estimate of drug-likeness (QED) is 0.130. The summed E-state index contributed by atoms with van der Waals surface area (Å²) in [7, 11) is 0. The number of nitrogens with zero attached hydrogens (tertiary/aromatic N) is 2. The highest BCUT2D eigenvalue weighted by molar-refractivity contribution is 5.93. The van der Waals surface area contributed by atoms with E-state index in [2.05, 4.69) is 242 Å². The Kier molecular flexibility index (Phi) is 11.6. The second kappa shape index (κ2) is 19.1. The van der Waals surface area contributed by atoms with Crippen LogP contribution in [0.15, 0.2) is 271 Å². The van der Waals surface area contributed by atoms with E-state index in [4.69, 9.17) is 9.40 Å². The van der Waals surface area contributed by atoms with Gasteiger partial charge >= 0.3 is 0 Å². The van der Waals surface area contributed by atoms with E-state index < -0.39 is 0 Å². The molecule has 0 aliphatic heterocycles. The van der Waals surface area contributed by atoms with E-state index in [9.17, 15) is 0 Å². The molecule has 0 spiro atoms. The average molecular weight is 899 g/mol. The summed E-state index contributed by atoms with van der Waals surface area (Å²) in [5.74, 6) is 1.07. The lowest BCUT2D eigenvalue weighted by molar-refractivity contribution is 0.620. The first-order chi connectivity index (χ1) is 34.7. The molecule has 1 unspecified atom stereocenters. The van der Waals surface area contributed by atoms with E-state index in [0.29, 0.717) is 11.8 Å². The number of fused-ring (bicyclic) bond motifs is 1. The molecule has 1 aromatic heterocycles. The Morgan fingerprint density at radius 1 is 0.414 bits per heavy atom. The second-order valence-corrected chi connectivity index (χ2v) is 18.2. The number of benzene rings is 9. The summed E-state index contributed by atoms with van der Waals surface area (Å²) in [6, 6.07) is 80.5. The number of hydrogen-bond acceptors (Lipinski definition) is 3. The average Bonchev–Trinajstić information content (AvgIpc) is 3.89. The number of aromatic nitrogens is 1. The summed E-state index contributed by atoms with van der Waals surface area (Å²) < 4.78 is 6.10. The summed E-state index contributed by atoms with van der Waals surface area (Å²) in [4.78, 5) is 7.11. The fourth-order valence-corrected chi connectivity index (χ4v) is 10.2. The molecular weight excluding hydrogens is 849 g/mol. The Bertz CT molecular complexity index is 3560. The first kappa shape index (κ1) is 42.6. The van der Waals surface area contributed by atoms with Crippen LogP contribution in [0.5, 0.6) is 0 Å². The van der Waals surface area contributed by atoms with Crippen LogP contribution in [0.4, 0.5) is 17.1 Å². The predicted molar refractivity (Wildman–Crippen MR) is 293 cm³/mol. The first-order valence-electron chi connectivity index (χ1n) is 24.3. The Labute approximate surface area is 410 Å². The van der Waals surface area contributed by atoms with Gasteiger partial charge < -0.3 is 9.32 Å². The highest BCUT2D eigenvalue weighted by Gasteiger charge is 2.20. The molecule has 0 N–H and O–H groups in total. The highest BCUT2D eigenvalue weighted by Crippen LogP contribution is 2.42. The largest absolute Gasteiger partial charge is 0.436 e. The van der Waals surface area contributed by atoms with E-state index in [-0.39, 0.29) is 0 Å². The van der Waals surface area contributed by atoms with Gasteiger partial charge in [-0.1, -0.05) is 200 Å². The molecule has 2 aliphatic rings. The van der Waals surface area contributed by atoms with E-state index in [1.54, 1.807) is 0 Å². The van der Waals surface area contributed by atoms with Crippen LogP contribution in [-0.2, 0) is 0 Å². The molecule has 1 atom stereocenters. The van der Waals surface area contributed by atoms with E-state index >= 15 is 0 Å². The van der Waals surface area contributed by atoms with Crippen LogP contribution in [-0.4, -0.2) is 4.98 Å². The number of anilines is 3. The van der Waals surface area contributed by atoms with E-state index in [1.165, 1.54) is 61.2 Å². The zero-order chi connectivity index (χ0) is 46.6. The zero-order valence-corrected chi connectivity index (χ0v) is 38.8. The molecule has 2 aliphatic carbocycles. The molecular formula is C67H50N2O. The Balaban J connectivity index is 0.867. The van der Waals surface area contributed by atoms with Crippen LogP contribution in [0.2, 0.25) is 0 Å². The summed E-state index contributed by atoms with van der Waals surface area (Å²) >= 11 is 0. The maximum absolute atomic E-state index is 6.10. The lowest BCUT2D eigenvalue weighted by Gasteiger charge is -2.27. The van der Waals surface area contributed by atoms with Gasteiger partial charge in [-0.05, 0) is 153 Å². The molecule has 70 heavy (non-hydrogen) atoms. The van der Waals surface area contributed by atoms with Crippen LogP contribution in [0.25, 0.3) is 83.8 Å². The van der Waals surface area contributed by atoms with Crippen molar-refractivity contribution in [3.8, 4) is 67.1 Å². The van der Waals surface area contributed by atoms with Gasteiger partial charge in [0.1, 0.15) is 5.52 Å². The SMILES string of the molecule is C1=CCCC(C2C=CC=C(c3ccc(N(c4ccc(-c5cccc(-c6ccccc6)c5)cc4)c4ccc(-c5ccccc5-c5ccccc5-c5ccc(-c6nc7ccccc7o6)cc5)cc4)cc3)C2)=C1. The third-order valence-corrected chi connectivity index (χ3v) is 13.8. The lowest BCUT2D eigenvalue weighted by atomic mass is 9.82. The fourth-order valence-electron chi connectivity index (χ4n) is 10.2. The summed E-state index contributed by atoms with van der Waals surface area (Å²) in [5, 5.41) is 0. The molecule has 3 heteroatoms. The van der Waals surface area contributed by atoms with Crippen molar-refractivity contribution in [1.29, 1.82) is 0 Å². The Morgan fingerprint density at radius 2 is 0.929 bits per heavy atom. The van der Waals surface area contributed by atoms with Crippen LogP contribution in [0.1, 0.15) is 24.8 Å². The van der Waals surface area contributed by atoms with Crippen molar-refractivity contribution < 1.29 is 4.42 Å². The molecule has 0 bridgehead atoms. The molecule has 12 rings (SSSR count). The lowest BCUT2D eigenvalue weighted by Crippen LogP contribution is -2.10. The summed E-state index contributed by atoms with van der Waals surface area (Å²) in [5.41, 5.74) is 21.8. The van der Waals surface area contributed by atoms with Crippen LogP contribution in [0.3, 0.4) is 0 Å². The van der Waals surface area contributed by atoms with Gasteiger partial charge in [-0.15, -0.1) is 0 Å². The number of allylic oxidation sites excluding steroid dienone is 8. The zero-order valence-electron chi connectivity index (χ0n) is 38.8. The molecule has 9 aromatic carbocycles. The maximum Gasteiger partial charge on any atom is 0.227 e. The normalized spacial score (nSPS) is 14.3. The van der Waals surface area contributed by atoms with Crippen LogP contribution < -0.4 is 4.90 Å². The van der Waals surface area contributed by atoms with Gasteiger partial charge in [0.05, 0.1) is 0 Å². The van der Waals surface area contributed by atoms with Gasteiger partial charge in [0.15, 0.2) is 5.58 Å². The first-order valence-corrected chi connectivity index (χ1v) is 24.3. The Hall–Kier alpha value is -8.79. The van der Waals surface area contributed by atoms with Crippen molar-refractivity contribution in [1.82, 2.24) is 4.98 Å². The van der Waals surface area contributed by atoms with Crippen molar-refractivity contribution >= 4 is 33.7 Å². The number of hydrogen-bond donors (Lipinski definition) is 0. The summed E-state index contributed by atoms with van der Waals surface area (Å²) in [6.45, 7) is 0. The molecule has 0 fully saturated rings. The van der Waals surface area contributed by atoms with E-state index in [1.807, 2.05) is 24.3 Å². The molecule has 0 saturated heterocycles. The molecule has 1 heterocycles. The van der Waals surface area contributed by atoms with Gasteiger partial charge in [0, 0.05) is 28.5 Å². The molecule has 0 radical (unpaired) electrons. The number of oxazole rings is 1. The van der Waals surface area contributed by atoms with Crippen molar-refractivity contribution in [2.45, 2.75) is 19.3 Å². The van der Waals surface area contributed by atoms with Gasteiger partial charge in [0.25, 0.3) is 0 Å². The third kappa shape index (κ3) is 8.66. The molecule has 3 nitrogen and oxygen atoms in total. The van der Waals surface area contributed by atoms with Crippen molar-refractivity contribution in [3.05, 3.63) is 272 Å². The topological polar surface area (TPSA) is 29.3 Å². The molecule has 10 aromatic rings. The third-order valence-electron chi connectivity index (χ3n) is 13.8. The van der Waals surface area contributed by atoms with Crippen molar-refractivity contribution in [3.63, 3.8) is 0 Å². The minimum Gasteiger partial charge on any atom is -0.436 e. The molecule has 0 amide bonds. The van der Waals surface area contributed by atoms with Gasteiger partial charge in [-0.25, -0.2) is 4.98 Å². The second-order valence-electron chi connectivity index (χ2n) is 18.2. The highest BCUT2D eigenvalue weighted by atomic mass is 16.3. The van der Waals surface area contributed by atoms with Gasteiger partial charge in [0.2, 0.25) is 5.89 Å². The van der Waals surface area contributed by atoms with Gasteiger partial charge in [-0.2, -0.15) is 0 Å². The Morgan fingerprint density at radius 3 is 1.54 bits per heavy atom. The van der Waals surface area contributed by atoms with Crippen molar-refractivity contribution in [2.75, 3.05) is 4.90 Å². The minimum atomic E-state index is 0.448. The standard InChI is InChI=1S/C67H50N2O/c1-3-15-47(16-4-1)54-19-13-21-56(45-54)49-33-39-58(40-34-49)69(59-41-35-50(36-42-59)57-22-14-20-55(46-57)48-17-5-2-6-18-48)60-43-37-52(38-44-60)62-24-8-10-26-64(62)63-25-9-7-23-61(63)51-29-31-53(32-30-51)67-68-65-27-11-12-28-66(65)70-67/h1-5,7-17,19-45,55H,6,18,46H2. The molecule has 0 saturated carbocycles. The maximum atomic E-state index is 6.10. The van der Waals surface area contributed by atoms with Crippen LogP contribution >= 0.6 is 0 Å². The fraction of sp³-hybridized carbons (Fsp3) is 0.0597. The number of para-hydroxylation sites is 2. The number of rotatable bonds is 11. The van der Waals surface area contributed by atoms with E-state index in [0.717, 1.165) is 64.1 Å². The van der Waals surface area contributed by atoms with Gasteiger partial charge in [-0.3, -0.25) is 0 Å². The molecule has 334 valence electrons. The monoisotopic (exact) mass is 898 g/mol. The summed E-state index contributed by atoms with van der Waals surface area (Å²) in [6.07, 6.45) is 17.0. The van der Waals surface area contributed by atoms with Crippen molar-refractivity contribution in [2.24, 2.45) is 5.92 Å². The van der Waals surface area contributed by atoms with Crippen LogP contribution in [0, 0.1) is 5.92 Å². The predicted octanol–water partition coefficient (Wildman–Crippen LogP) is 18.5. The minimum absolute atomic E-state index is 0.448. The smallest absolute Gasteiger partial charge is 0.227 e.